The molecule has 3 saturated heterocycles. The van der Waals surface area contributed by atoms with Gasteiger partial charge < -0.3 is 14.5 Å². The highest BCUT2D eigenvalue weighted by molar-refractivity contribution is 5.98. The molecule has 2 aromatic carbocycles. The van der Waals surface area contributed by atoms with Crippen molar-refractivity contribution in [3.63, 3.8) is 0 Å². The molecule has 0 atom stereocenters. The molecular weight excluding hydrogens is 602 g/mol. The molecule has 4 aliphatic rings. The number of amides is 2. The van der Waals surface area contributed by atoms with Crippen LogP contribution in [0, 0.1) is 23.6 Å². The van der Waals surface area contributed by atoms with Gasteiger partial charge in [-0.15, -0.1) is 0 Å². The molecule has 0 radical (unpaired) electrons. The Hall–Kier alpha value is -3.47. The molecule has 2 aromatic rings. The maximum Gasteiger partial charge on any atom is 0.416 e. The van der Waals surface area contributed by atoms with Gasteiger partial charge in [-0.25, -0.2) is 9.18 Å². The number of benzene rings is 2. The van der Waals surface area contributed by atoms with E-state index in [1.165, 1.54) is 6.07 Å². The van der Waals surface area contributed by atoms with Crippen LogP contribution in [0.2, 0.25) is 0 Å². The van der Waals surface area contributed by atoms with Crippen LogP contribution >= 0.6 is 0 Å². The van der Waals surface area contributed by atoms with E-state index < -0.39 is 23.2 Å². The van der Waals surface area contributed by atoms with E-state index in [9.17, 15) is 31.9 Å². The second kappa shape index (κ2) is 13.3. The van der Waals surface area contributed by atoms with Gasteiger partial charge in [-0.05, 0) is 56.6 Å². The lowest BCUT2D eigenvalue weighted by atomic mass is 9.80. The van der Waals surface area contributed by atoms with Crippen molar-refractivity contribution >= 4 is 17.8 Å². The van der Waals surface area contributed by atoms with E-state index >= 15 is 0 Å². The monoisotopic (exact) mass is 643 g/mol. The summed E-state index contributed by atoms with van der Waals surface area (Å²) in [6.07, 6.45) is 0.925. The number of alkyl halides is 3. The first kappa shape index (κ1) is 32.5. The van der Waals surface area contributed by atoms with Crippen molar-refractivity contribution in [1.29, 1.82) is 0 Å². The number of likely N-dealkylation sites (tertiary alicyclic amines) is 2. The zero-order valence-corrected chi connectivity index (χ0v) is 25.9. The van der Waals surface area contributed by atoms with E-state index in [2.05, 4.69) is 0 Å². The third-order valence-corrected chi connectivity index (χ3v) is 10.5. The first-order valence-electron chi connectivity index (χ1n) is 16.4. The van der Waals surface area contributed by atoms with E-state index in [0.29, 0.717) is 76.9 Å². The molecule has 0 bridgehead atoms. The van der Waals surface area contributed by atoms with Crippen molar-refractivity contribution in [2.45, 2.75) is 69.7 Å². The number of piperidine rings is 2. The Morgan fingerprint density at radius 1 is 0.870 bits per heavy atom. The van der Waals surface area contributed by atoms with E-state index in [0.717, 1.165) is 37.3 Å². The Kier molecular flexibility index (Phi) is 9.41. The zero-order valence-electron chi connectivity index (χ0n) is 25.9. The topological polar surface area (TPSA) is 70.2 Å². The van der Waals surface area contributed by atoms with Crippen LogP contribution in [0.25, 0.3) is 0 Å². The van der Waals surface area contributed by atoms with Gasteiger partial charge in [0.15, 0.2) is 5.78 Å². The number of ether oxygens (including phenoxy) is 1. The van der Waals surface area contributed by atoms with E-state index in [4.69, 9.17) is 4.74 Å². The molecule has 2 amide bonds. The van der Waals surface area contributed by atoms with E-state index in [1.807, 2.05) is 40.1 Å². The Morgan fingerprint density at radius 2 is 1.54 bits per heavy atom. The summed E-state index contributed by atoms with van der Waals surface area (Å²) in [5, 5.41) is 0. The summed E-state index contributed by atoms with van der Waals surface area (Å²) < 4.78 is 58.9. The molecule has 7 nitrogen and oxygen atoms in total. The van der Waals surface area contributed by atoms with Gasteiger partial charge in [0.05, 0.1) is 12.1 Å². The third-order valence-electron chi connectivity index (χ3n) is 10.5. The highest BCUT2D eigenvalue weighted by Gasteiger charge is 2.47. The summed E-state index contributed by atoms with van der Waals surface area (Å²) in [5.41, 5.74) is -0.658. The minimum Gasteiger partial charge on any atom is -0.441 e. The van der Waals surface area contributed by atoms with Crippen LogP contribution in [0.5, 0.6) is 0 Å². The van der Waals surface area contributed by atoms with Crippen LogP contribution in [0.15, 0.2) is 48.5 Å². The fraction of sp³-hybridized carbons (Fsp3) is 0.571. The maximum absolute atomic E-state index is 14.4. The summed E-state index contributed by atoms with van der Waals surface area (Å²) in [7, 11) is 0. The number of nitrogens with zero attached hydrogens (tertiary/aromatic N) is 3. The minimum atomic E-state index is -4.59. The summed E-state index contributed by atoms with van der Waals surface area (Å²) >= 11 is 0. The maximum atomic E-state index is 14.4. The Morgan fingerprint density at radius 3 is 2.17 bits per heavy atom. The standard InChI is InChI=1S/C35H41F4N3O4/c36-30-20-29(35(37,38)39)11-10-28(30)22-40-18-14-34(15-19-40)23-42(33(45)46-34)21-24-6-8-27(9-7-24)32(44)41-16-12-26(13-17-41)31(43)25-4-2-1-3-5-25/h1-5,10-11,20,24,26-27H,6-9,12-19,21-23H2/t24-,27-. The molecule has 1 saturated carbocycles. The second-order valence-corrected chi connectivity index (χ2v) is 13.6. The minimum absolute atomic E-state index is 0.0201. The third kappa shape index (κ3) is 7.24. The van der Waals surface area contributed by atoms with Crippen LogP contribution in [0.1, 0.15) is 72.9 Å². The van der Waals surface area contributed by atoms with Crippen LogP contribution in [0.3, 0.4) is 0 Å². The highest BCUT2D eigenvalue weighted by Crippen LogP contribution is 2.37. The van der Waals surface area contributed by atoms with Gasteiger partial charge in [0.2, 0.25) is 5.91 Å². The summed E-state index contributed by atoms with van der Waals surface area (Å²) in [6.45, 7) is 3.60. The first-order valence-corrected chi connectivity index (χ1v) is 16.4. The van der Waals surface area contributed by atoms with Gasteiger partial charge in [0.25, 0.3) is 0 Å². The van der Waals surface area contributed by atoms with Gasteiger partial charge in [-0.1, -0.05) is 36.4 Å². The molecule has 3 heterocycles. The van der Waals surface area contributed by atoms with Gasteiger partial charge >= 0.3 is 12.3 Å². The molecule has 1 spiro atoms. The number of rotatable bonds is 7. The van der Waals surface area contributed by atoms with Crippen LogP contribution in [-0.4, -0.2) is 77.4 Å². The lowest BCUT2D eigenvalue weighted by molar-refractivity contribution is -0.138. The number of ketones is 1. The van der Waals surface area contributed by atoms with Crippen molar-refractivity contribution in [1.82, 2.24) is 14.7 Å². The average molecular weight is 644 g/mol. The number of halogens is 4. The smallest absolute Gasteiger partial charge is 0.416 e. The Bertz CT molecular complexity index is 1410. The van der Waals surface area contributed by atoms with E-state index in [-0.39, 0.29) is 41.7 Å². The number of carbonyl (C=O) groups excluding carboxylic acids is 3. The molecule has 3 aliphatic heterocycles. The van der Waals surface area contributed by atoms with Crippen molar-refractivity contribution in [3.8, 4) is 0 Å². The van der Waals surface area contributed by atoms with Crippen molar-refractivity contribution in [2.75, 3.05) is 39.3 Å². The molecule has 0 N–H and O–H groups in total. The fourth-order valence-electron chi connectivity index (χ4n) is 7.67. The normalized spacial score (nSPS) is 24.3. The molecule has 1 aliphatic carbocycles. The number of Topliss-reactive ketones (excluding diaryl/α,β-unsaturated/α-hetero) is 1. The molecular formula is C35H41F4N3O4. The van der Waals surface area contributed by atoms with Crippen molar-refractivity contribution in [2.24, 2.45) is 17.8 Å². The average Bonchev–Trinajstić information content (AvgIpc) is 3.36. The Labute approximate surface area is 266 Å². The second-order valence-electron chi connectivity index (χ2n) is 13.6. The first-order chi connectivity index (χ1) is 22.0. The predicted molar refractivity (Wildman–Crippen MR) is 162 cm³/mol. The molecule has 11 heteroatoms. The molecule has 0 unspecified atom stereocenters. The van der Waals surface area contributed by atoms with Crippen molar-refractivity contribution in [3.05, 3.63) is 71.0 Å². The summed E-state index contributed by atoms with van der Waals surface area (Å²) in [6, 6.07) is 12.0. The lowest BCUT2D eigenvalue weighted by Gasteiger charge is -2.38. The fourth-order valence-corrected chi connectivity index (χ4v) is 7.67. The number of hydrogen-bond acceptors (Lipinski definition) is 5. The highest BCUT2D eigenvalue weighted by atomic mass is 19.4. The SMILES string of the molecule is O=C(c1ccccc1)C1CCN(C(=O)[C@H]2CC[C@H](CN3CC4(CCN(Cc5ccc(C(F)(F)F)cc5F)CC4)OC3=O)CC2)CC1. The lowest BCUT2D eigenvalue weighted by Crippen LogP contribution is -2.47. The molecule has 248 valence electrons. The van der Waals surface area contributed by atoms with Gasteiger partial charge in [0, 0.05) is 75.1 Å². The predicted octanol–water partition coefficient (Wildman–Crippen LogP) is 6.56. The largest absolute Gasteiger partial charge is 0.441 e. The number of carbonyl (C=O) groups is 3. The number of hydrogen-bond donors (Lipinski definition) is 0. The van der Waals surface area contributed by atoms with E-state index in [1.54, 1.807) is 4.90 Å². The van der Waals surface area contributed by atoms with Gasteiger partial charge in [0.1, 0.15) is 11.4 Å². The van der Waals surface area contributed by atoms with Gasteiger partial charge in [-0.3, -0.25) is 14.5 Å². The molecule has 46 heavy (non-hydrogen) atoms. The summed E-state index contributed by atoms with van der Waals surface area (Å²) in [5.74, 6) is -0.289. The zero-order chi connectivity index (χ0) is 32.5. The summed E-state index contributed by atoms with van der Waals surface area (Å²) in [4.78, 5) is 44.7. The van der Waals surface area contributed by atoms with Crippen LogP contribution in [-0.2, 0) is 22.3 Å². The quantitative estimate of drug-likeness (QED) is 0.253. The van der Waals surface area contributed by atoms with Crippen LogP contribution in [0.4, 0.5) is 22.4 Å². The molecule has 0 aromatic heterocycles. The van der Waals surface area contributed by atoms with Crippen LogP contribution < -0.4 is 0 Å². The van der Waals surface area contributed by atoms with Gasteiger partial charge in [-0.2, -0.15) is 13.2 Å². The molecule has 4 fully saturated rings. The Balaban J connectivity index is 0.925. The van der Waals surface area contributed by atoms with Crippen molar-refractivity contribution < 1.29 is 36.7 Å². The molecule has 6 rings (SSSR count).